The molecule has 0 aliphatic carbocycles. The number of carbonyl (C=O) groups is 3. The van der Waals surface area contributed by atoms with Crippen LogP contribution in [0.4, 0.5) is 0 Å². The molecule has 8 heteroatoms. The molecule has 2 fully saturated rings. The van der Waals surface area contributed by atoms with Gasteiger partial charge >= 0.3 is 5.97 Å². The maximum atomic E-state index is 11.8. The Kier molecular flexibility index (Phi) is 8.26. The van der Waals surface area contributed by atoms with Crippen LogP contribution in [0.15, 0.2) is 24.3 Å². The van der Waals surface area contributed by atoms with Crippen molar-refractivity contribution >= 4 is 30.2 Å². The zero-order valence-corrected chi connectivity index (χ0v) is 16.6. The third-order valence-electron chi connectivity index (χ3n) is 5.27. The molecule has 0 radical (unpaired) electrons. The Balaban J connectivity index is 0.00000280. The molecule has 2 amide bonds. The minimum atomic E-state index is -0.732. The van der Waals surface area contributed by atoms with E-state index in [0.717, 1.165) is 32.5 Å². The van der Waals surface area contributed by atoms with Gasteiger partial charge in [-0.3, -0.25) is 19.7 Å². The van der Waals surface area contributed by atoms with Gasteiger partial charge in [0.05, 0.1) is 0 Å². The molecule has 2 aliphatic rings. The fourth-order valence-corrected chi connectivity index (χ4v) is 3.71. The summed E-state index contributed by atoms with van der Waals surface area (Å²) < 4.78 is 5.72. The average Bonchev–Trinajstić information content (AvgIpc) is 2.65. The highest BCUT2D eigenvalue weighted by molar-refractivity contribution is 5.99. The van der Waals surface area contributed by atoms with Crippen molar-refractivity contribution in [1.29, 1.82) is 0 Å². The van der Waals surface area contributed by atoms with Gasteiger partial charge in [-0.05, 0) is 62.5 Å². The summed E-state index contributed by atoms with van der Waals surface area (Å²) in [5, 5.41) is 11.0. The number of carboxylic acid groups (broad SMARTS) is 1. The molecule has 1 aromatic rings. The first kappa shape index (κ1) is 22.2. The van der Waals surface area contributed by atoms with Gasteiger partial charge in [-0.2, -0.15) is 0 Å². The van der Waals surface area contributed by atoms with Crippen LogP contribution in [-0.2, 0) is 14.4 Å². The molecule has 0 spiro atoms. The van der Waals surface area contributed by atoms with E-state index >= 15 is 0 Å². The number of hydrogen-bond donors (Lipinski definition) is 2. The lowest BCUT2D eigenvalue weighted by Crippen LogP contribution is -2.46. The summed E-state index contributed by atoms with van der Waals surface area (Å²) in [4.78, 5) is 35.9. The highest BCUT2D eigenvalue weighted by Gasteiger charge is 2.28. The van der Waals surface area contributed by atoms with Crippen molar-refractivity contribution in [3.8, 4) is 5.75 Å². The number of nitrogens with one attached hydrogen (secondary N) is 1. The topological polar surface area (TPSA) is 95.9 Å². The molecule has 0 aromatic heterocycles. The van der Waals surface area contributed by atoms with Crippen LogP contribution in [0.25, 0.3) is 0 Å². The third-order valence-corrected chi connectivity index (χ3v) is 5.27. The standard InChI is InChI=1S/C20H26N2O5.ClH/c23-18-8-7-17(20(26)21-18)27-16-5-3-14(4-6-16)15-9-12-22(13-10-15)11-1-2-19(24)25;/h3-6,15,17H,1-2,7-13H2,(H,24,25)(H,21,23,26);1H/t17-;/m0./s1. The molecule has 0 saturated carbocycles. The molecule has 2 heterocycles. The monoisotopic (exact) mass is 410 g/mol. The number of ether oxygens (including phenoxy) is 1. The van der Waals surface area contributed by atoms with Crippen LogP contribution >= 0.6 is 12.4 Å². The Morgan fingerprint density at radius 2 is 1.82 bits per heavy atom. The van der Waals surface area contributed by atoms with Crippen LogP contribution in [0, 0.1) is 0 Å². The lowest BCUT2D eigenvalue weighted by atomic mass is 9.89. The second-order valence-electron chi connectivity index (χ2n) is 7.24. The molecule has 2 saturated heterocycles. The van der Waals surface area contributed by atoms with Gasteiger partial charge in [0.2, 0.25) is 5.91 Å². The van der Waals surface area contributed by atoms with E-state index in [1.54, 1.807) is 0 Å². The quantitative estimate of drug-likeness (QED) is 0.670. The minimum absolute atomic E-state index is 0. The summed E-state index contributed by atoms with van der Waals surface area (Å²) in [7, 11) is 0. The molecule has 1 atom stereocenters. The number of rotatable bonds is 7. The molecular weight excluding hydrogens is 384 g/mol. The van der Waals surface area contributed by atoms with E-state index in [1.807, 2.05) is 24.3 Å². The highest BCUT2D eigenvalue weighted by Crippen LogP contribution is 2.29. The Morgan fingerprint density at radius 1 is 1.14 bits per heavy atom. The fourth-order valence-electron chi connectivity index (χ4n) is 3.71. The molecular formula is C20H27ClN2O5. The van der Waals surface area contributed by atoms with Crippen LogP contribution in [-0.4, -0.2) is 53.5 Å². The maximum absolute atomic E-state index is 11.8. The van der Waals surface area contributed by atoms with Gasteiger partial charge in [0.1, 0.15) is 5.75 Å². The number of hydrogen-bond acceptors (Lipinski definition) is 5. The number of amides is 2. The van der Waals surface area contributed by atoms with Gasteiger partial charge in [0, 0.05) is 19.3 Å². The third kappa shape index (κ3) is 6.21. The van der Waals surface area contributed by atoms with Crippen molar-refractivity contribution in [2.75, 3.05) is 19.6 Å². The summed E-state index contributed by atoms with van der Waals surface area (Å²) in [6, 6.07) is 7.87. The van der Waals surface area contributed by atoms with Crippen molar-refractivity contribution in [2.45, 2.75) is 50.5 Å². The fraction of sp³-hybridized carbons (Fsp3) is 0.550. The Morgan fingerprint density at radius 3 is 2.43 bits per heavy atom. The summed E-state index contributed by atoms with van der Waals surface area (Å²) >= 11 is 0. The molecule has 2 aliphatic heterocycles. The minimum Gasteiger partial charge on any atom is -0.481 e. The molecule has 28 heavy (non-hydrogen) atoms. The number of piperidine rings is 2. The van der Waals surface area contributed by atoms with Gasteiger partial charge in [0.25, 0.3) is 5.91 Å². The first-order chi connectivity index (χ1) is 13.0. The van der Waals surface area contributed by atoms with Gasteiger partial charge in [-0.25, -0.2) is 0 Å². The number of carbonyl (C=O) groups excluding carboxylic acids is 2. The molecule has 7 nitrogen and oxygen atoms in total. The van der Waals surface area contributed by atoms with Crippen molar-refractivity contribution in [2.24, 2.45) is 0 Å². The van der Waals surface area contributed by atoms with Gasteiger partial charge < -0.3 is 14.7 Å². The molecule has 154 valence electrons. The highest BCUT2D eigenvalue weighted by atomic mass is 35.5. The normalized spacial score (nSPS) is 20.9. The lowest BCUT2D eigenvalue weighted by molar-refractivity contribution is -0.139. The van der Waals surface area contributed by atoms with E-state index in [-0.39, 0.29) is 30.6 Å². The lowest BCUT2D eigenvalue weighted by Gasteiger charge is -2.32. The van der Waals surface area contributed by atoms with Crippen molar-refractivity contribution < 1.29 is 24.2 Å². The van der Waals surface area contributed by atoms with Gasteiger partial charge in [-0.1, -0.05) is 12.1 Å². The SMILES string of the molecule is Cl.O=C(O)CCCN1CCC(c2ccc(O[C@H]3CCC(=O)NC3=O)cc2)CC1. The molecule has 0 bridgehead atoms. The van der Waals surface area contributed by atoms with Crippen LogP contribution < -0.4 is 10.1 Å². The smallest absolute Gasteiger partial charge is 0.303 e. The Labute approximate surface area is 170 Å². The van der Waals surface area contributed by atoms with Crippen LogP contribution in [0.1, 0.15) is 50.0 Å². The number of aliphatic carboxylic acids is 1. The van der Waals surface area contributed by atoms with Crippen LogP contribution in [0.2, 0.25) is 0 Å². The number of likely N-dealkylation sites (tertiary alicyclic amines) is 1. The van der Waals surface area contributed by atoms with Crippen molar-refractivity contribution in [3.05, 3.63) is 29.8 Å². The van der Waals surface area contributed by atoms with Gasteiger partial charge in [-0.15, -0.1) is 12.4 Å². The second-order valence-corrected chi connectivity index (χ2v) is 7.24. The first-order valence-corrected chi connectivity index (χ1v) is 9.56. The number of benzene rings is 1. The zero-order valence-electron chi connectivity index (χ0n) is 15.8. The summed E-state index contributed by atoms with van der Waals surface area (Å²) in [5.41, 5.74) is 1.26. The summed E-state index contributed by atoms with van der Waals surface area (Å²) in [6.07, 6.45) is 3.15. The molecule has 0 unspecified atom stereocenters. The largest absolute Gasteiger partial charge is 0.481 e. The molecule has 1 aromatic carbocycles. The van der Waals surface area contributed by atoms with E-state index in [9.17, 15) is 14.4 Å². The molecule has 2 N–H and O–H groups in total. The van der Waals surface area contributed by atoms with E-state index in [2.05, 4.69) is 10.2 Å². The number of carboxylic acids is 1. The van der Waals surface area contributed by atoms with Crippen molar-refractivity contribution in [3.63, 3.8) is 0 Å². The van der Waals surface area contributed by atoms with E-state index in [1.165, 1.54) is 5.56 Å². The molecule has 3 rings (SSSR count). The number of halogens is 1. The van der Waals surface area contributed by atoms with E-state index in [4.69, 9.17) is 9.84 Å². The van der Waals surface area contributed by atoms with Crippen LogP contribution in [0.3, 0.4) is 0 Å². The predicted octanol–water partition coefficient (Wildman–Crippen LogP) is 2.34. The number of nitrogens with zero attached hydrogens (tertiary/aromatic N) is 1. The van der Waals surface area contributed by atoms with Crippen LogP contribution in [0.5, 0.6) is 5.75 Å². The van der Waals surface area contributed by atoms with Crippen molar-refractivity contribution in [1.82, 2.24) is 10.2 Å². The Hall–Kier alpha value is -2.12. The van der Waals surface area contributed by atoms with E-state index < -0.39 is 12.1 Å². The summed E-state index contributed by atoms with van der Waals surface area (Å²) in [5.74, 6) is -0.218. The second kappa shape index (κ2) is 10.4. The number of imide groups is 1. The predicted molar refractivity (Wildman–Crippen MR) is 106 cm³/mol. The Bertz CT molecular complexity index is 686. The van der Waals surface area contributed by atoms with E-state index in [0.29, 0.717) is 30.9 Å². The zero-order chi connectivity index (χ0) is 19.2. The first-order valence-electron chi connectivity index (χ1n) is 9.56. The van der Waals surface area contributed by atoms with Gasteiger partial charge in [0.15, 0.2) is 6.10 Å². The summed E-state index contributed by atoms with van der Waals surface area (Å²) in [6.45, 7) is 2.81. The maximum Gasteiger partial charge on any atom is 0.303 e. The average molecular weight is 411 g/mol.